The number of nitrogens with one attached hydrogen (secondary N) is 1. The van der Waals surface area contributed by atoms with E-state index in [-0.39, 0.29) is 0 Å². The van der Waals surface area contributed by atoms with E-state index in [2.05, 4.69) is 71.8 Å². The van der Waals surface area contributed by atoms with Gasteiger partial charge in [0.1, 0.15) is 17.2 Å². The van der Waals surface area contributed by atoms with E-state index < -0.39 is 0 Å². The Morgan fingerprint density at radius 2 is 1.72 bits per heavy atom. The second-order valence-corrected chi connectivity index (χ2v) is 7.57. The third-order valence-electron chi connectivity index (χ3n) is 4.93. The Bertz CT molecular complexity index is 820. The normalized spacial score (nSPS) is 15.5. The van der Waals surface area contributed by atoms with E-state index in [1.54, 1.807) is 16.2 Å². The molecule has 2 aromatic carbocycles. The topological polar surface area (TPSA) is 20.6 Å². The van der Waals surface area contributed by atoms with Gasteiger partial charge in [0.15, 0.2) is 0 Å². The van der Waals surface area contributed by atoms with Crippen molar-refractivity contribution in [2.75, 3.05) is 31.1 Å². The van der Waals surface area contributed by atoms with Gasteiger partial charge in [-0.3, -0.25) is 0 Å². The fraction of sp³-hybridized carbons (Fsp3) is 0.286. The van der Waals surface area contributed by atoms with Crippen LogP contribution < -0.4 is 9.80 Å². The van der Waals surface area contributed by atoms with Gasteiger partial charge in [0.25, 0.3) is 0 Å². The first kappa shape index (κ1) is 16.3. The summed E-state index contributed by atoms with van der Waals surface area (Å²) in [6, 6.07) is 19.2. The molecule has 1 aromatic heterocycles. The highest BCUT2D eigenvalue weighted by atomic mass is 32.1. The average molecular weight is 351 g/mol. The average Bonchev–Trinajstić information content (AvgIpc) is 3.12. The van der Waals surface area contributed by atoms with Crippen molar-refractivity contribution in [3.05, 3.63) is 71.2 Å². The van der Waals surface area contributed by atoms with Crippen LogP contribution in [0.25, 0.3) is 10.6 Å². The van der Waals surface area contributed by atoms with Crippen molar-refractivity contribution < 1.29 is 4.90 Å². The molecule has 25 heavy (non-hydrogen) atoms. The maximum Gasteiger partial charge on any atom is 0.123 e. The number of benzene rings is 2. The van der Waals surface area contributed by atoms with Gasteiger partial charge in [-0.15, -0.1) is 11.3 Å². The number of thiazole rings is 1. The van der Waals surface area contributed by atoms with Crippen LogP contribution >= 0.6 is 11.3 Å². The first-order chi connectivity index (χ1) is 12.3. The molecule has 3 aromatic rings. The summed E-state index contributed by atoms with van der Waals surface area (Å²) in [4.78, 5) is 9.01. The summed E-state index contributed by atoms with van der Waals surface area (Å²) in [5, 5.41) is 3.36. The highest BCUT2D eigenvalue weighted by Crippen LogP contribution is 2.23. The molecule has 0 saturated carbocycles. The van der Waals surface area contributed by atoms with E-state index in [4.69, 9.17) is 4.98 Å². The van der Waals surface area contributed by atoms with E-state index >= 15 is 0 Å². The molecule has 1 fully saturated rings. The van der Waals surface area contributed by atoms with Gasteiger partial charge < -0.3 is 9.80 Å². The lowest BCUT2D eigenvalue weighted by Gasteiger charge is -2.34. The molecular weight excluding hydrogens is 326 g/mol. The second kappa shape index (κ2) is 7.38. The van der Waals surface area contributed by atoms with E-state index in [0.717, 1.165) is 24.6 Å². The zero-order chi connectivity index (χ0) is 17.1. The minimum Gasteiger partial charge on any atom is -0.360 e. The van der Waals surface area contributed by atoms with Crippen LogP contribution in [0.3, 0.4) is 0 Å². The lowest BCUT2D eigenvalue weighted by molar-refractivity contribution is -0.914. The van der Waals surface area contributed by atoms with Crippen LogP contribution in [0.15, 0.2) is 60.0 Å². The van der Waals surface area contributed by atoms with Crippen molar-refractivity contribution in [1.82, 2.24) is 4.98 Å². The summed E-state index contributed by atoms with van der Waals surface area (Å²) < 4.78 is 0. The zero-order valence-electron chi connectivity index (χ0n) is 14.6. The molecular formula is C21H24N3S+. The number of hydrogen-bond donors (Lipinski definition) is 1. The van der Waals surface area contributed by atoms with Gasteiger partial charge in [-0.1, -0.05) is 48.5 Å². The number of aromatic nitrogens is 1. The quantitative estimate of drug-likeness (QED) is 0.781. The molecule has 128 valence electrons. The number of hydrogen-bond acceptors (Lipinski definition) is 3. The molecule has 0 radical (unpaired) electrons. The molecule has 4 heteroatoms. The number of nitrogens with zero attached hydrogens (tertiary/aromatic N) is 2. The molecule has 0 spiro atoms. The molecule has 0 bridgehead atoms. The lowest BCUT2D eigenvalue weighted by atomic mass is 10.1. The molecule has 1 saturated heterocycles. The van der Waals surface area contributed by atoms with E-state index in [1.807, 2.05) is 0 Å². The second-order valence-electron chi connectivity index (χ2n) is 6.71. The summed E-state index contributed by atoms with van der Waals surface area (Å²) in [5.74, 6) is 0. The van der Waals surface area contributed by atoms with Crippen molar-refractivity contribution in [2.45, 2.75) is 13.5 Å². The molecule has 0 amide bonds. The van der Waals surface area contributed by atoms with E-state index in [1.165, 1.54) is 35.6 Å². The minimum absolute atomic E-state index is 1.03. The number of quaternary nitrogens is 1. The predicted molar refractivity (Wildman–Crippen MR) is 105 cm³/mol. The minimum atomic E-state index is 1.03. The van der Waals surface area contributed by atoms with E-state index in [0.29, 0.717) is 0 Å². The first-order valence-electron chi connectivity index (χ1n) is 8.93. The van der Waals surface area contributed by atoms with Crippen LogP contribution in [0.1, 0.15) is 11.3 Å². The van der Waals surface area contributed by atoms with Crippen molar-refractivity contribution in [3.8, 4) is 10.6 Å². The lowest BCUT2D eigenvalue weighted by Crippen LogP contribution is -3.13. The fourth-order valence-corrected chi connectivity index (χ4v) is 4.34. The summed E-state index contributed by atoms with van der Waals surface area (Å²) in [6.07, 6.45) is 0. The molecule has 4 rings (SSSR count). The third kappa shape index (κ3) is 3.75. The van der Waals surface area contributed by atoms with Crippen LogP contribution in [0.2, 0.25) is 0 Å². The van der Waals surface area contributed by atoms with Gasteiger partial charge in [0, 0.05) is 16.6 Å². The third-order valence-corrected chi connectivity index (χ3v) is 5.87. The maximum absolute atomic E-state index is 4.85. The standard InChI is InChI=1S/C21H23N3S/c1-17-7-5-6-10-20(17)24-13-11-23(12-14-24)15-19-16-25-21(22-19)18-8-3-2-4-9-18/h2-10,16H,11-15H2,1H3/p+1. The van der Waals surface area contributed by atoms with Gasteiger partial charge in [-0.25, -0.2) is 4.98 Å². The van der Waals surface area contributed by atoms with Crippen LogP contribution in [0.4, 0.5) is 5.69 Å². The van der Waals surface area contributed by atoms with Crippen molar-refractivity contribution in [1.29, 1.82) is 0 Å². The van der Waals surface area contributed by atoms with Crippen LogP contribution in [0, 0.1) is 6.92 Å². The van der Waals surface area contributed by atoms with E-state index in [9.17, 15) is 0 Å². The fourth-order valence-electron chi connectivity index (χ4n) is 3.52. The highest BCUT2D eigenvalue weighted by Gasteiger charge is 2.22. The summed E-state index contributed by atoms with van der Waals surface area (Å²) in [5.41, 5.74) is 5.21. The molecule has 0 atom stereocenters. The Morgan fingerprint density at radius 1 is 1.00 bits per heavy atom. The monoisotopic (exact) mass is 350 g/mol. The summed E-state index contributed by atoms with van der Waals surface area (Å²) in [6.45, 7) is 7.82. The molecule has 3 nitrogen and oxygen atoms in total. The molecule has 2 heterocycles. The Kier molecular flexibility index (Phi) is 4.81. The predicted octanol–water partition coefficient (Wildman–Crippen LogP) is 3.02. The van der Waals surface area contributed by atoms with Crippen LogP contribution in [-0.2, 0) is 6.54 Å². The van der Waals surface area contributed by atoms with Gasteiger partial charge in [0.05, 0.1) is 26.2 Å². The van der Waals surface area contributed by atoms with Crippen molar-refractivity contribution >= 4 is 17.0 Å². The van der Waals surface area contributed by atoms with Crippen molar-refractivity contribution in [2.24, 2.45) is 0 Å². The highest BCUT2D eigenvalue weighted by molar-refractivity contribution is 7.13. The number of para-hydroxylation sites is 1. The molecule has 1 aliphatic heterocycles. The van der Waals surface area contributed by atoms with Gasteiger partial charge in [-0.2, -0.15) is 0 Å². The smallest absolute Gasteiger partial charge is 0.123 e. The van der Waals surface area contributed by atoms with Crippen molar-refractivity contribution in [3.63, 3.8) is 0 Å². The SMILES string of the molecule is Cc1ccccc1N1CC[NH+](Cc2csc(-c3ccccc3)n2)CC1. The molecule has 0 aliphatic carbocycles. The van der Waals surface area contributed by atoms with Crippen LogP contribution in [-0.4, -0.2) is 31.2 Å². The Balaban J connectivity index is 1.36. The number of rotatable bonds is 4. The molecule has 0 unspecified atom stereocenters. The number of piperazine rings is 1. The first-order valence-corrected chi connectivity index (χ1v) is 9.81. The Hall–Kier alpha value is -2.17. The van der Waals surface area contributed by atoms with Gasteiger partial charge >= 0.3 is 0 Å². The number of anilines is 1. The van der Waals surface area contributed by atoms with Gasteiger partial charge in [0.2, 0.25) is 0 Å². The van der Waals surface area contributed by atoms with Gasteiger partial charge in [-0.05, 0) is 18.6 Å². The Labute approximate surface area is 153 Å². The largest absolute Gasteiger partial charge is 0.360 e. The molecule has 1 aliphatic rings. The maximum atomic E-state index is 4.85. The molecule has 1 N–H and O–H groups in total. The summed E-state index contributed by atoms with van der Waals surface area (Å²) in [7, 11) is 0. The summed E-state index contributed by atoms with van der Waals surface area (Å²) >= 11 is 1.76. The number of aryl methyl sites for hydroxylation is 1. The van der Waals surface area contributed by atoms with Crippen LogP contribution in [0.5, 0.6) is 0 Å². The zero-order valence-corrected chi connectivity index (χ0v) is 15.4. The Morgan fingerprint density at radius 3 is 2.48 bits per heavy atom.